The number of piperazine rings is 1. The molecular formula is C20H25ClN4O. The Morgan fingerprint density at radius 1 is 1.23 bits per heavy atom. The van der Waals surface area contributed by atoms with E-state index in [-0.39, 0.29) is 11.4 Å². The molecule has 0 aliphatic carbocycles. The van der Waals surface area contributed by atoms with Crippen LogP contribution in [-0.4, -0.2) is 59.5 Å². The number of pyridine rings is 1. The molecule has 1 atom stereocenters. The molecule has 1 aromatic heterocycles. The van der Waals surface area contributed by atoms with Gasteiger partial charge < -0.3 is 5.32 Å². The molecule has 2 saturated heterocycles. The SMILES string of the molecule is CN1CCN(Cc2ccc3cccc(Cl)c3n2)C[C@@]12CCNC(=O)CC2. The largest absolute Gasteiger partial charge is 0.356 e. The summed E-state index contributed by atoms with van der Waals surface area (Å²) in [7, 11) is 2.20. The van der Waals surface area contributed by atoms with E-state index in [9.17, 15) is 4.79 Å². The Hall–Kier alpha value is -1.69. The molecule has 0 unspecified atom stereocenters. The Bertz CT molecular complexity index is 827. The summed E-state index contributed by atoms with van der Waals surface area (Å²) in [6.45, 7) is 4.59. The average molecular weight is 373 g/mol. The number of hydrogen-bond acceptors (Lipinski definition) is 4. The van der Waals surface area contributed by atoms with E-state index < -0.39 is 0 Å². The van der Waals surface area contributed by atoms with Crippen molar-refractivity contribution in [1.82, 2.24) is 20.1 Å². The van der Waals surface area contributed by atoms with Crippen LogP contribution in [-0.2, 0) is 11.3 Å². The van der Waals surface area contributed by atoms with Crippen LogP contribution < -0.4 is 5.32 Å². The molecule has 6 heteroatoms. The number of halogens is 1. The summed E-state index contributed by atoms with van der Waals surface area (Å²) in [5.74, 6) is 0.179. The fourth-order valence-corrected chi connectivity index (χ4v) is 4.51. The number of fused-ring (bicyclic) bond motifs is 1. The molecule has 0 saturated carbocycles. The highest BCUT2D eigenvalue weighted by Gasteiger charge is 2.40. The molecular weight excluding hydrogens is 348 g/mol. The van der Waals surface area contributed by atoms with Gasteiger partial charge in [0.05, 0.1) is 16.2 Å². The van der Waals surface area contributed by atoms with Crippen molar-refractivity contribution in [3.63, 3.8) is 0 Å². The highest BCUT2D eigenvalue weighted by Crippen LogP contribution is 2.31. The summed E-state index contributed by atoms with van der Waals surface area (Å²) < 4.78 is 0. The third kappa shape index (κ3) is 3.43. The lowest BCUT2D eigenvalue weighted by atomic mass is 9.86. The lowest BCUT2D eigenvalue weighted by Crippen LogP contribution is -2.60. The van der Waals surface area contributed by atoms with Gasteiger partial charge in [-0.2, -0.15) is 0 Å². The number of hydrogen-bond donors (Lipinski definition) is 1. The van der Waals surface area contributed by atoms with Crippen LogP contribution in [0.4, 0.5) is 0 Å². The van der Waals surface area contributed by atoms with Crippen molar-refractivity contribution in [3.05, 3.63) is 41.0 Å². The number of nitrogens with zero attached hydrogens (tertiary/aromatic N) is 3. The van der Waals surface area contributed by atoms with Gasteiger partial charge >= 0.3 is 0 Å². The maximum absolute atomic E-state index is 11.8. The molecule has 138 valence electrons. The summed E-state index contributed by atoms with van der Waals surface area (Å²) in [4.78, 5) is 21.5. The normalized spacial score (nSPS) is 25.4. The topological polar surface area (TPSA) is 48.5 Å². The van der Waals surface area contributed by atoms with E-state index in [1.165, 1.54) is 0 Å². The van der Waals surface area contributed by atoms with Crippen LogP contribution in [0.2, 0.25) is 5.02 Å². The van der Waals surface area contributed by atoms with Gasteiger partial charge in [-0.1, -0.05) is 29.8 Å². The van der Waals surface area contributed by atoms with Gasteiger partial charge in [0.25, 0.3) is 0 Å². The Labute approximate surface area is 159 Å². The zero-order chi connectivity index (χ0) is 18.1. The van der Waals surface area contributed by atoms with Crippen LogP contribution in [0.5, 0.6) is 0 Å². The second kappa shape index (κ2) is 7.14. The fourth-order valence-electron chi connectivity index (χ4n) is 4.28. The van der Waals surface area contributed by atoms with Crippen molar-refractivity contribution in [2.24, 2.45) is 0 Å². The van der Waals surface area contributed by atoms with Crippen LogP contribution in [0.1, 0.15) is 25.0 Å². The van der Waals surface area contributed by atoms with Gasteiger partial charge in [0, 0.05) is 50.1 Å². The standard InChI is InChI=1S/C20H25ClN4O/c1-24-11-12-25(14-20(24)8-7-18(26)22-10-9-20)13-16-6-5-15-3-2-4-17(21)19(15)23-16/h2-6H,7-14H2,1H3,(H,22,26)/t20-/m1/s1. The Balaban J connectivity index is 1.53. The summed E-state index contributed by atoms with van der Waals surface area (Å²) in [6.07, 6.45) is 2.54. The van der Waals surface area contributed by atoms with Gasteiger partial charge in [0.2, 0.25) is 5.91 Å². The predicted octanol–water partition coefficient (Wildman–Crippen LogP) is 2.67. The molecule has 2 aliphatic heterocycles. The molecule has 4 rings (SSSR count). The van der Waals surface area contributed by atoms with E-state index in [0.29, 0.717) is 11.4 Å². The minimum absolute atomic E-state index is 0.0753. The highest BCUT2D eigenvalue weighted by molar-refractivity contribution is 6.35. The van der Waals surface area contributed by atoms with Gasteiger partial charge in [0.1, 0.15) is 0 Å². The maximum Gasteiger partial charge on any atom is 0.220 e. The van der Waals surface area contributed by atoms with Gasteiger partial charge in [-0.3, -0.25) is 14.6 Å². The van der Waals surface area contributed by atoms with E-state index in [4.69, 9.17) is 16.6 Å². The van der Waals surface area contributed by atoms with Gasteiger partial charge in [-0.25, -0.2) is 4.98 Å². The number of nitrogens with one attached hydrogen (secondary N) is 1. The number of likely N-dealkylation sites (N-methyl/N-ethyl adjacent to an activating group) is 1. The summed E-state index contributed by atoms with van der Waals surface area (Å²) in [5.41, 5.74) is 2.00. The summed E-state index contributed by atoms with van der Waals surface area (Å²) in [5, 5.41) is 4.79. The van der Waals surface area contributed by atoms with Crippen molar-refractivity contribution in [1.29, 1.82) is 0 Å². The maximum atomic E-state index is 11.8. The molecule has 1 amide bonds. The molecule has 2 aliphatic rings. The zero-order valence-electron chi connectivity index (χ0n) is 15.2. The van der Waals surface area contributed by atoms with E-state index in [1.807, 2.05) is 18.2 Å². The van der Waals surface area contributed by atoms with Crippen molar-refractivity contribution < 1.29 is 4.79 Å². The number of carbonyl (C=O) groups is 1. The summed E-state index contributed by atoms with van der Waals surface area (Å²) in [6, 6.07) is 10.1. The quantitative estimate of drug-likeness (QED) is 0.880. The minimum Gasteiger partial charge on any atom is -0.356 e. The van der Waals surface area contributed by atoms with Gasteiger partial charge in [-0.05, 0) is 32.0 Å². The summed E-state index contributed by atoms with van der Waals surface area (Å²) >= 11 is 6.32. The molecule has 1 aromatic carbocycles. The van der Waals surface area contributed by atoms with Crippen LogP contribution in [0.3, 0.4) is 0 Å². The molecule has 1 spiro atoms. The van der Waals surface area contributed by atoms with Crippen molar-refractivity contribution in [2.75, 3.05) is 33.2 Å². The average Bonchev–Trinajstić information content (AvgIpc) is 2.82. The molecule has 26 heavy (non-hydrogen) atoms. The Kier molecular flexibility index (Phi) is 4.86. The van der Waals surface area contributed by atoms with Crippen molar-refractivity contribution >= 4 is 28.4 Å². The number of para-hydroxylation sites is 1. The monoisotopic (exact) mass is 372 g/mol. The lowest BCUT2D eigenvalue weighted by molar-refractivity contribution is -0.121. The Morgan fingerprint density at radius 2 is 2.12 bits per heavy atom. The predicted molar refractivity (Wildman–Crippen MR) is 104 cm³/mol. The van der Waals surface area contributed by atoms with Gasteiger partial charge in [-0.15, -0.1) is 0 Å². The zero-order valence-corrected chi connectivity index (χ0v) is 15.9. The first-order valence-corrected chi connectivity index (χ1v) is 9.68. The number of benzene rings is 1. The first-order chi connectivity index (χ1) is 12.6. The third-order valence-corrected chi connectivity index (χ3v) is 6.23. The first kappa shape index (κ1) is 17.7. The van der Waals surface area contributed by atoms with Crippen LogP contribution >= 0.6 is 11.6 Å². The van der Waals surface area contributed by atoms with E-state index in [0.717, 1.165) is 62.2 Å². The van der Waals surface area contributed by atoms with E-state index in [1.54, 1.807) is 0 Å². The van der Waals surface area contributed by atoms with E-state index in [2.05, 4.69) is 34.3 Å². The number of carbonyl (C=O) groups excluding carboxylic acids is 1. The smallest absolute Gasteiger partial charge is 0.220 e. The first-order valence-electron chi connectivity index (χ1n) is 9.30. The molecule has 3 heterocycles. The van der Waals surface area contributed by atoms with Crippen LogP contribution in [0.25, 0.3) is 10.9 Å². The second-order valence-electron chi connectivity index (χ2n) is 7.57. The van der Waals surface area contributed by atoms with Gasteiger partial charge in [0.15, 0.2) is 0 Å². The Morgan fingerprint density at radius 3 is 3.00 bits per heavy atom. The molecule has 5 nitrogen and oxygen atoms in total. The van der Waals surface area contributed by atoms with Crippen LogP contribution in [0, 0.1) is 0 Å². The van der Waals surface area contributed by atoms with Crippen molar-refractivity contribution in [2.45, 2.75) is 31.3 Å². The molecule has 2 fully saturated rings. The molecule has 0 radical (unpaired) electrons. The molecule has 2 aromatic rings. The van der Waals surface area contributed by atoms with Crippen LogP contribution in [0.15, 0.2) is 30.3 Å². The molecule has 1 N–H and O–H groups in total. The second-order valence-corrected chi connectivity index (χ2v) is 7.98. The van der Waals surface area contributed by atoms with Crippen molar-refractivity contribution in [3.8, 4) is 0 Å². The number of amides is 1. The third-order valence-electron chi connectivity index (χ3n) is 5.92. The molecule has 0 bridgehead atoms. The minimum atomic E-state index is 0.0753. The fraction of sp³-hybridized carbons (Fsp3) is 0.500. The highest BCUT2D eigenvalue weighted by atomic mass is 35.5. The number of aromatic nitrogens is 1. The lowest BCUT2D eigenvalue weighted by Gasteiger charge is -2.49. The number of rotatable bonds is 2. The van der Waals surface area contributed by atoms with E-state index >= 15 is 0 Å².